The molecule has 2 fully saturated rings. The minimum absolute atomic E-state index is 0.155. The molecule has 0 heterocycles. The summed E-state index contributed by atoms with van der Waals surface area (Å²) >= 11 is 0. The average molecular weight is 468 g/mol. The number of anilines is 1. The van der Waals surface area contributed by atoms with Crippen molar-refractivity contribution in [2.45, 2.75) is 77.9 Å². The van der Waals surface area contributed by atoms with Crippen LogP contribution in [-0.4, -0.2) is 30.3 Å². The Morgan fingerprint density at radius 3 is 2.38 bits per heavy atom. The van der Waals surface area contributed by atoms with Crippen LogP contribution < -0.4 is 9.64 Å². The fourth-order valence-electron chi connectivity index (χ4n) is 5.68. The second-order valence-corrected chi connectivity index (χ2v) is 11.3. The molecule has 2 atom stereocenters. The number of ether oxygens (including phenoxy) is 1. The highest BCUT2D eigenvalue weighted by atomic mass is 19.1. The number of aliphatic carboxylic acids is 1. The van der Waals surface area contributed by atoms with Gasteiger partial charge in [0.2, 0.25) is 0 Å². The van der Waals surface area contributed by atoms with Crippen LogP contribution in [0.5, 0.6) is 5.75 Å². The van der Waals surface area contributed by atoms with Gasteiger partial charge in [0.05, 0.1) is 12.0 Å². The van der Waals surface area contributed by atoms with E-state index in [1.54, 1.807) is 6.07 Å². The zero-order valence-corrected chi connectivity index (χ0v) is 20.9. The molecule has 0 bridgehead atoms. The lowest BCUT2D eigenvalue weighted by Crippen LogP contribution is -2.30. The van der Waals surface area contributed by atoms with Gasteiger partial charge in [-0.25, -0.2) is 4.39 Å². The van der Waals surface area contributed by atoms with Crippen molar-refractivity contribution < 1.29 is 19.0 Å². The van der Waals surface area contributed by atoms with Crippen molar-refractivity contribution in [3.05, 3.63) is 48.3 Å². The molecule has 2 aliphatic rings. The summed E-state index contributed by atoms with van der Waals surface area (Å²) in [6.45, 7) is 6.92. The van der Waals surface area contributed by atoms with Crippen molar-refractivity contribution in [3.8, 4) is 16.9 Å². The summed E-state index contributed by atoms with van der Waals surface area (Å²) in [7, 11) is 2.00. The lowest BCUT2D eigenvalue weighted by atomic mass is 9.72. The molecule has 4 nitrogen and oxygen atoms in total. The smallest absolute Gasteiger partial charge is 0.306 e. The van der Waals surface area contributed by atoms with E-state index < -0.39 is 5.97 Å². The summed E-state index contributed by atoms with van der Waals surface area (Å²) < 4.78 is 21.3. The first-order valence-corrected chi connectivity index (χ1v) is 12.6. The van der Waals surface area contributed by atoms with E-state index in [4.69, 9.17) is 4.74 Å². The van der Waals surface area contributed by atoms with E-state index in [-0.39, 0.29) is 23.9 Å². The Labute approximate surface area is 203 Å². The highest BCUT2D eigenvalue weighted by Crippen LogP contribution is 2.39. The number of carboxylic acids is 1. The summed E-state index contributed by atoms with van der Waals surface area (Å²) in [5.74, 6) is 0.0448. The van der Waals surface area contributed by atoms with E-state index in [0.29, 0.717) is 29.6 Å². The first kappa shape index (κ1) is 24.6. The Bertz CT molecular complexity index is 1010. The first-order valence-electron chi connectivity index (χ1n) is 12.6. The molecule has 0 aliphatic heterocycles. The largest absolute Gasteiger partial charge is 0.490 e. The van der Waals surface area contributed by atoms with Crippen LogP contribution in [0.2, 0.25) is 0 Å². The molecule has 2 aromatic rings. The van der Waals surface area contributed by atoms with E-state index in [9.17, 15) is 9.90 Å². The summed E-state index contributed by atoms with van der Waals surface area (Å²) in [6, 6.07) is 13.2. The molecule has 4 rings (SSSR count). The molecule has 2 unspecified atom stereocenters. The normalized spacial score (nSPS) is 25.2. The standard InChI is InChI=1S/C29H38FNO3/c1-29(2,3)21-9-12-24(13-10-21)34-25-14-15-26(27(30)18-25)19-6-5-7-22(16-19)31(4)23-11-8-20(17-23)28(32)33/h5-7,14-16,18,20-21,23-24H,8-13,17H2,1-4H3,(H,32,33)/t20?,21-,23?,24-. The first-order chi connectivity index (χ1) is 16.1. The van der Waals surface area contributed by atoms with Gasteiger partial charge in [0, 0.05) is 30.4 Å². The minimum atomic E-state index is -0.712. The fraction of sp³-hybridized carbons (Fsp3) is 0.552. The van der Waals surface area contributed by atoms with Crippen LogP contribution in [0.1, 0.15) is 65.7 Å². The number of benzene rings is 2. The fourth-order valence-corrected chi connectivity index (χ4v) is 5.68. The number of nitrogens with zero attached hydrogens (tertiary/aromatic N) is 1. The Kier molecular flexibility index (Phi) is 7.20. The van der Waals surface area contributed by atoms with Gasteiger partial charge in [0.25, 0.3) is 0 Å². The molecular formula is C29H38FNO3. The molecule has 2 saturated carbocycles. The Morgan fingerprint density at radius 2 is 1.76 bits per heavy atom. The minimum Gasteiger partial charge on any atom is -0.490 e. The molecule has 0 radical (unpaired) electrons. The van der Waals surface area contributed by atoms with Crippen LogP contribution in [0, 0.1) is 23.1 Å². The van der Waals surface area contributed by atoms with Crippen LogP contribution in [-0.2, 0) is 4.79 Å². The lowest BCUT2D eigenvalue weighted by Gasteiger charge is -2.36. The molecule has 0 spiro atoms. The van der Waals surface area contributed by atoms with Crippen LogP contribution in [0.3, 0.4) is 0 Å². The maximum Gasteiger partial charge on any atom is 0.306 e. The Morgan fingerprint density at radius 1 is 1.03 bits per heavy atom. The van der Waals surface area contributed by atoms with E-state index in [2.05, 4.69) is 25.7 Å². The van der Waals surface area contributed by atoms with Crippen molar-refractivity contribution in [2.75, 3.05) is 11.9 Å². The van der Waals surface area contributed by atoms with Gasteiger partial charge in [-0.2, -0.15) is 0 Å². The van der Waals surface area contributed by atoms with Crippen molar-refractivity contribution in [2.24, 2.45) is 17.3 Å². The molecule has 2 aromatic carbocycles. The summed E-state index contributed by atoms with van der Waals surface area (Å²) in [6.07, 6.45) is 6.71. The molecule has 0 amide bonds. The topological polar surface area (TPSA) is 49.8 Å². The number of halogens is 1. The van der Waals surface area contributed by atoms with Crippen LogP contribution in [0.15, 0.2) is 42.5 Å². The predicted octanol–water partition coefficient (Wildman–Crippen LogP) is 7.17. The zero-order valence-electron chi connectivity index (χ0n) is 20.9. The highest BCUT2D eigenvalue weighted by Gasteiger charge is 2.32. The van der Waals surface area contributed by atoms with Gasteiger partial charge in [-0.05, 0) is 86.1 Å². The van der Waals surface area contributed by atoms with Gasteiger partial charge in [-0.3, -0.25) is 4.79 Å². The van der Waals surface area contributed by atoms with Gasteiger partial charge in [-0.1, -0.05) is 32.9 Å². The number of hydrogen-bond donors (Lipinski definition) is 1. The third-order valence-electron chi connectivity index (χ3n) is 8.01. The summed E-state index contributed by atoms with van der Waals surface area (Å²) in [4.78, 5) is 13.5. The van der Waals surface area contributed by atoms with Gasteiger partial charge >= 0.3 is 5.97 Å². The molecular weight excluding hydrogens is 429 g/mol. The van der Waals surface area contributed by atoms with E-state index in [1.807, 2.05) is 37.4 Å². The highest BCUT2D eigenvalue weighted by molar-refractivity contribution is 5.71. The molecule has 1 N–H and O–H groups in total. The number of carboxylic acid groups (broad SMARTS) is 1. The van der Waals surface area contributed by atoms with Crippen molar-refractivity contribution in [1.82, 2.24) is 0 Å². The van der Waals surface area contributed by atoms with Crippen LogP contribution in [0.25, 0.3) is 11.1 Å². The van der Waals surface area contributed by atoms with Crippen LogP contribution >= 0.6 is 0 Å². The second-order valence-electron chi connectivity index (χ2n) is 11.3. The molecule has 0 aromatic heterocycles. The van der Waals surface area contributed by atoms with Gasteiger partial charge in [-0.15, -0.1) is 0 Å². The average Bonchev–Trinajstić information content (AvgIpc) is 3.29. The van der Waals surface area contributed by atoms with Crippen LogP contribution in [0.4, 0.5) is 10.1 Å². The maximum absolute atomic E-state index is 15.1. The van der Waals surface area contributed by atoms with E-state index >= 15 is 4.39 Å². The monoisotopic (exact) mass is 467 g/mol. The van der Waals surface area contributed by atoms with Crippen molar-refractivity contribution in [1.29, 1.82) is 0 Å². The zero-order chi connectivity index (χ0) is 24.5. The summed E-state index contributed by atoms with van der Waals surface area (Å²) in [5.41, 5.74) is 2.67. The summed E-state index contributed by atoms with van der Waals surface area (Å²) in [5, 5.41) is 9.31. The lowest BCUT2D eigenvalue weighted by molar-refractivity contribution is -0.141. The SMILES string of the molecule is CN(c1cccc(-c2ccc(O[C@H]3CC[C@H](C(C)(C)C)CC3)cc2F)c1)C1CCC(C(=O)O)C1. The quantitative estimate of drug-likeness (QED) is 0.489. The van der Waals surface area contributed by atoms with Gasteiger partial charge in [0.15, 0.2) is 0 Å². The van der Waals surface area contributed by atoms with Gasteiger partial charge in [0.1, 0.15) is 11.6 Å². The Hall–Kier alpha value is -2.56. The number of rotatable bonds is 6. The van der Waals surface area contributed by atoms with Crippen molar-refractivity contribution >= 4 is 11.7 Å². The second kappa shape index (κ2) is 9.97. The third kappa shape index (κ3) is 5.56. The maximum atomic E-state index is 15.1. The molecule has 184 valence electrons. The molecule has 0 saturated heterocycles. The van der Waals surface area contributed by atoms with Gasteiger partial charge < -0.3 is 14.7 Å². The predicted molar refractivity (Wildman–Crippen MR) is 135 cm³/mol. The molecule has 5 heteroatoms. The molecule has 34 heavy (non-hydrogen) atoms. The Balaban J connectivity index is 1.42. The number of hydrogen-bond acceptors (Lipinski definition) is 3. The number of carbonyl (C=O) groups is 1. The van der Waals surface area contributed by atoms with E-state index in [0.717, 1.165) is 49.3 Å². The molecule has 2 aliphatic carbocycles. The third-order valence-corrected chi connectivity index (χ3v) is 8.01. The van der Waals surface area contributed by atoms with E-state index in [1.165, 1.54) is 6.07 Å². The van der Waals surface area contributed by atoms with Crippen molar-refractivity contribution in [3.63, 3.8) is 0 Å².